The molecule has 0 radical (unpaired) electrons. The predicted octanol–water partition coefficient (Wildman–Crippen LogP) is 4.13. The van der Waals surface area contributed by atoms with E-state index in [9.17, 15) is 5.11 Å². The topological polar surface area (TPSA) is 38.7 Å². The van der Waals surface area contributed by atoms with Crippen LogP contribution in [0.2, 0.25) is 0 Å². The molecule has 3 saturated heterocycles. The molecule has 5 bridgehead atoms. The summed E-state index contributed by atoms with van der Waals surface area (Å²) >= 11 is 0. The molecular weight excluding hydrogens is 288 g/mol. The minimum absolute atomic E-state index is 0.0665. The standard InChI is InChI=1S/C20H30O3/c21-20-15-8-5-9-17(20)13-16-7-2-4-11-19(16,23-20)22-18(17)10-3-1-6-14(18)12-15/h14-16,21H,1-13H2/t14-,15-,16+,17+,18+,19-,20-/m0/s1. The fourth-order valence-corrected chi connectivity index (χ4v) is 8.27. The second-order valence-corrected chi connectivity index (χ2v) is 9.60. The molecule has 3 nitrogen and oxygen atoms in total. The molecule has 0 aromatic carbocycles. The van der Waals surface area contributed by atoms with Gasteiger partial charge in [-0.15, -0.1) is 0 Å². The third-order valence-electron chi connectivity index (χ3n) is 9.01. The predicted molar refractivity (Wildman–Crippen MR) is 85.5 cm³/mol. The van der Waals surface area contributed by atoms with Gasteiger partial charge >= 0.3 is 0 Å². The number of hydrogen-bond acceptors (Lipinski definition) is 3. The van der Waals surface area contributed by atoms with E-state index in [1.54, 1.807) is 0 Å². The number of aliphatic hydroxyl groups is 1. The molecule has 23 heavy (non-hydrogen) atoms. The van der Waals surface area contributed by atoms with Crippen LogP contribution < -0.4 is 0 Å². The Balaban J connectivity index is 1.58. The Bertz CT molecular complexity index is 549. The summed E-state index contributed by atoms with van der Waals surface area (Å²) in [4.78, 5) is 0. The second kappa shape index (κ2) is 4.16. The molecule has 4 saturated carbocycles. The lowest BCUT2D eigenvalue weighted by Crippen LogP contribution is -2.85. The van der Waals surface area contributed by atoms with Crippen LogP contribution in [-0.4, -0.2) is 22.3 Å². The van der Waals surface area contributed by atoms with E-state index in [0.717, 1.165) is 25.7 Å². The van der Waals surface area contributed by atoms with Crippen molar-refractivity contribution in [3.05, 3.63) is 0 Å². The summed E-state index contributed by atoms with van der Waals surface area (Å²) in [5, 5.41) is 11.9. The Morgan fingerprint density at radius 3 is 2.43 bits per heavy atom. The molecule has 0 aromatic rings. The normalized spacial score (nSPS) is 63.3. The summed E-state index contributed by atoms with van der Waals surface area (Å²) in [6.45, 7) is 0. The first kappa shape index (κ1) is 14.1. The Morgan fingerprint density at radius 1 is 0.739 bits per heavy atom. The van der Waals surface area contributed by atoms with Gasteiger partial charge in [-0.05, 0) is 57.3 Å². The van der Waals surface area contributed by atoms with Gasteiger partial charge in [0.25, 0.3) is 0 Å². The van der Waals surface area contributed by atoms with Gasteiger partial charge in [0.15, 0.2) is 11.6 Å². The quantitative estimate of drug-likeness (QED) is 0.730. The zero-order valence-electron chi connectivity index (χ0n) is 14.2. The molecule has 7 rings (SSSR count). The first-order chi connectivity index (χ1) is 11.1. The van der Waals surface area contributed by atoms with Gasteiger partial charge in [-0.2, -0.15) is 0 Å². The van der Waals surface area contributed by atoms with Gasteiger partial charge in [0.05, 0.1) is 11.0 Å². The highest BCUT2D eigenvalue weighted by Crippen LogP contribution is 2.77. The van der Waals surface area contributed by atoms with Crippen molar-refractivity contribution in [3.8, 4) is 0 Å². The van der Waals surface area contributed by atoms with Crippen molar-refractivity contribution in [2.45, 2.75) is 101 Å². The molecule has 7 atom stereocenters. The molecule has 4 aliphatic carbocycles. The largest absolute Gasteiger partial charge is 0.365 e. The van der Waals surface area contributed by atoms with E-state index in [4.69, 9.17) is 9.47 Å². The Morgan fingerprint density at radius 2 is 1.52 bits per heavy atom. The van der Waals surface area contributed by atoms with Crippen molar-refractivity contribution in [1.82, 2.24) is 0 Å². The summed E-state index contributed by atoms with van der Waals surface area (Å²) in [6, 6.07) is 0. The molecule has 3 heteroatoms. The Kier molecular flexibility index (Phi) is 2.55. The van der Waals surface area contributed by atoms with E-state index < -0.39 is 11.6 Å². The molecule has 128 valence electrons. The fraction of sp³-hybridized carbons (Fsp3) is 1.00. The molecule has 1 N–H and O–H groups in total. The van der Waals surface area contributed by atoms with Crippen molar-refractivity contribution in [1.29, 1.82) is 0 Å². The molecule has 0 unspecified atom stereocenters. The summed E-state index contributed by atoms with van der Waals surface area (Å²) in [6.07, 6.45) is 15.7. The maximum absolute atomic E-state index is 11.9. The van der Waals surface area contributed by atoms with Crippen LogP contribution in [0.3, 0.4) is 0 Å². The first-order valence-electron chi connectivity index (χ1n) is 10.3. The molecule has 7 aliphatic rings. The van der Waals surface area contributed by atoms with Crippen LogP contribution in [0.15, 0.2) is 0 Å². The zero-order valence-corrected chi connectivity index (χ0v) is 14.2. The van der Waals surface area contributed by atoms with Gasteiger partial charge in [-0.25, -0.2) is 0 Å². The molecule has 7 fully saturated rings. The third-order valence-corrected chi connectivity index (χ3v) is 9.01. The molecule has 0 amide bonds. The smallest absolute Gasteiger partial charge is 0.180 e. The zero-order chi connectivity index (χ0) is 15.3. The molecular formula is C20H30O3. The SMILES string of the molecule is O[C@@]12O[C@@]34CCCC[C@@H]3C[C@@]13CCC[C@H]2C[C@@H]1CCCC[C@@]13O4. The lowest BCUT2D eigenvalue weighted by Gasteiger charge is -2.79. The van der Waals surface area contributed by atoms with E-state index in [0.29, 0.717) is 17.8 Å². The van der Waals surface area contributed by atoms with Crippen molar-refractivity contribution in [2.24, 2.45) is 23.2 Å². The van der Waals surface area contributed by atoms with E-state index in [1.165, 1.54) is 57.8 Å². The van der Waals surface area contributed by atoms with Crippen LogP contribution in [0, 0.1) is 23.2 Å². The lowest BCUT2D eigenvalue weighted by atomic mass is 9.40. The van der Waals surface area contributed by atoms with Crippen LogP contribution in [0.1, 0.15) is 83.5 Å². The molecule has 3 spiro atoms. The molecule has 3 aliphatic heterocycles. The highest BCUT2D eigenvalue weighted by Gasteiger charge is 2.82. The summed E-state index contributed by atoms with van der Waals surface area (Å²) in [7, 11) is 0. The van der Waals surface area contributed by atoms with Crippen LogP contribution in [-0.2, 0) is 9.47 Å². The van der Waals surface area contributed by atoms with Gasteiger partial charge in [-0.3, -0.25) is 0 Å². The minimum atomic E-state index is -0.884. The summed E-state index contributed by atoms with van der Waals surface area (Å²) in [5.74, 6) is 0.231. The average Bonchev–Trinajstić information content (AvgIpc) is 2.52. The Hall–Kier alpha value is -0.120. The van der Waals surface area contributed by atoms with E-state index in [-0.39, 0.29) is 11.0 Å². The average molecular weight is 318 g/mol. The second-order valence-electron chi connectivity index (χ2n) is 9.60. The monoisotopic (exact) mass is 318 g/mol. The molecule has 3 heterocycles. The highest BCUT2D eigenvalue weighted by molar-refractivity contribution is 5.25. The Labute approximate surface area is 139 Å². The number of rotatable bonds is 0. The van der Waals surface area contributed by atoms with E-state index in [2.05, 4.69) is 0 Å². The lowest BCUT2D eigenvalue weighted by molar-refractivity contribution is -0.565. The number of ether oxygens (including phenoxy) is 2. The van der Waals surface area contributed by atoms with E-state index in [1.807, 2.05) is 0 Å². The number of hydrogen-bond donors (Lipinski definition) is 1. The maximum atomic E-state index is 11.9. The first-order valence-corrected chi connectivity index (χ1v) is 10.3. The van der Waals surface area contributed by atoms with Crippen LogP contribution >= 0.6 is 0 Å². The fourth-order valence-electron chi connectivity index (χ4n) is 8.27. The van der Waals surface area contributed by atoms with Gasteiger partial charge in [-0.1, -0.05) is 25.7 Å². The third kappa shape index (κ3) is 1.36. The van der Waals surface area contributed by atoms with Crippen LogP contribution in [0.25, 0.3) is 0 Å². The van der Waals surface area contributed by atoms with Crippen LogP contribution in [0.4, 0.5) is 0 Å². The minimum Gasteiger partial charge on any atom is -0.365 e. The van der Waals surface area contributed by atoms with Crippen molar-refractivity contribution in [3.63, 3.8) is 0 Å². The van der Waals surface area contributed by atoms with Crippen molar-refractivity contribution < 1.29 is 14.6 Å². The summed E-state index contributed by atoms with van der Waals surface area (Å²) < 4.78 is 13.8. The van der Waals surface area contributed by atoms with Gasteiger partial charge in [0.2, 0.25) is 0 Å². The van der Waals surface area contributed by atoms with Gasteiger partial charge < -0.3 is 14.6 Å². The molecule has 0 aromatic heterocycles. The van der Waals surface area contributed by atoms with E-state index >= 15 is 0 Å². The highest BCUT2D eigenvalue weighted by atomic mass is 16.8. The van der Waals surface area contributed by atoms with Crippen molar-refractivity contribution in [2.75, 3.05) is 0 Å². The van der Waals surface area contributed by atoms with Crippen LogP contribution in [0.5, 0.6) is 0 Å². The summed E-state index contributed by atoms with van der Waals surface area (Å²) in [5.41, 5.74) is -0.168. The van der Waals surface area contributed by atoms with Gasteiger partial charge in [0, 0.05) is 18.3 Å². The maximum Gasteiger partial charge on any atom is 0.180 e. The van der Waals surface area contributed by atoms with Gasteiger partial charge in [0.1, 0.15) is 0 Å². The van der Waals surface area contributed by atoms with Crippen molar-refractivity contribution >= 4 is 0 Å².